The van der Waals surface area contributed by atoms with E-state index in [4.69, 9.17) is 23.7 Å². The van der Waals surface area contributed by atoms with Gasteiger partial charge in [0.1, 0.15) is 23.9 Å². The average molecular weight is 529 g/mol. The van der Waals surface area contributed by atoms with Crippen LogP contribution in [0.5, 0.6) is 17.2 Å². The topological polar surface area (TPSA) is 114 Å². The van der Waals surface area contributed by atoms with Crippen LogP contribution in [0.4, 0.5) is 0 Å². The molecule has 0 spiro atoms. The van der Waals surface area contributed by atoms with E-state index in [-0.39, 0.29) is 13.4 Å². The van der Waals surface area contributed by atoms with E-state index in [0.717, 1.165) is 17.7 Å². The van der Waals surface area contributed by atoms with E-state index >= 15 is 0 Å². The van der Waals surface area contributed by atoms with Crippen molar-refractivity contribution in [3.63, 3.8) is 0 Å². The molecule has 39 heavy (non-hydrogen) atoms. The molecule has 0 radical (unpaired) electrons. The largest absolute Gasteiger partial charge is 0.458 e. The molecule has 9 heteroatoms. The van der Waals surface area contributed by atoms with Gasteiger partial charge in [-0.3, -0.25) is 0 Å². The van der Waals surface area contributed by atoms with Crippen molar-refractivity contribution < 1.29 is 42.9 Å². The standard InChI is InChI=1S/C30H24O9/c1-3-27(31)35-19-22-7-12-26(13-8-22)39-30(34)23-10-5-21(6-11-23)9-18-29(33)38-25-16-14-24(15-17-25)36-20-37-28(32)4-2/h3-18H,1-2,19-20H2/b18-9+. The van der Waals surface area contributed by atoms with Gasteiger partial charge in [-0.25, -0.2) is 19.2 Å². The van der Waals surface area contributed by atoms with E-state index in [1.54, 1.807) is 66.7 Å². The van der Waals surface area contributed by atoms with E-state index in [1.807, 2.05) is 0 Å². The fourth-order valence-corrected chi connectivity index (χ4v) is 2.90. The van der Waals surface area contributed by atoms with Gasteiger partial charge < -0.3 is 23.7 Å². The second-order valence-electron chi connectivity index (χ2n) is 7.62. The van der Waals surface area contributed by atoms with Crippen LogP contribution in [0, 0.1) is 0 Å². The maximum Gasteiger partial charge on any atom is 0.343 e. The minimum absolute atomic E-state index is 0.0828. The molecule has 0 aliphatic heterocycles. The fourth-order valence-electron chi connectivity index (χ4n) is 2.90. The van der Waals surface area contributed by atoms with Crippen LogP contribution in [0.1, 0.15) is 21.5 Å². The number of ether oxygens (including phenoxy) is 5. The summed E-state index contributed by atoms with van der Waals surface area (Å²) >= 11 is 0. The van der Waals surface area contributed by atoms with Crippen LogP contribution in [0.3, 0.4) is 0 Å². The van der Waals surface area contributed by atoms with Gasteiger partial charge in [0, 0.05) is 18.2 Å². The molecule has 0 aromatic heterocycles. The van der Waals surface area contributed by atoms with Crippen LogP contribution < -0.4 is 14.2 Å². The lowest BCUT2D eigenvalue weighted by molar-refractivity contribution is -0.144. The first kappa shape index (κ1) is 28.1. The van der Waals surface area contributed by atoms with Crippen molar-refractivity contribution >= 4 is 30.0 Å². The van der Waals surface area contributed by atoms with Crippen molar-refractivity contribution in [2.45, 2.75) is 6.61 Å². The second kappa shape index (κ2) is 14.3. The molecule has 198 valence electrons. The molecular formula is C30H24O9. The van der Waals surface area contributed by atoms with Crippen molar-refractivity contribution in [3.8, 4) is 17.2 Å². The van der Waals surface area contributed by atoms with Crippen molar-refractivity contribution in [3.05, 3.63) is 121 Å². The third kappa shape index (κ3) is 9.51. The maximum atomic E-state index is 12.4. The second-order valence-corrected chi connectivity index (χ2v) is 7.62. The summed E-state index contributed by atoms with van der Waals surface area (Å²) in [5.41, 5.74) is 1.72. The zero-order valence-electron chi connectivity index (χ0n) is 20.7. The summed E-state index contributed by atoms with van der Waals surface area (Å²) in [5, 5.41) is 0. The van der Waals surface area contributed by atoms with Gasteiger partial charge in [0.05, 0.1) is 5.56 Å². The molecule has 0 bridgehead atoms. The van der Waals surface area contributed by atoms with Gasteiger partial charge in [-0.1, -0.05) is 37.4 Å². The number of carbonyl (C=O) groups is 4. The zero-order valence-corrected chi connectivity index (χ0v) is 20.7. The summed E-state index contributed by atoms with van der Waals surface area (Å²) in [6.07, 6.45) is 4.90. The number of carbonyl (C=O) groups excluding carboxylic acids is 4. The van der Waals surface area contributed by atoms with E-state index < -0.39 is 23.9 Å². The predicted octanol–water partition coefficient (Wildman–Crippen LogP) is 4.82. The molecule has 0 heterocycles. The number of hydrogen-bond donors (Lipinski definition) is 0. The summed E-state index contributed by atoms with van der Waals surface area (Å²) in [6.45, 7) is 6.42. The molecule has 0 saturated carbocycles. The van der Waals surface area contributed by atoms with Gasteiger partial charge in [0.25, 0.3) is 0 Å². The Labute approximate surface area is 224 Å². The molecule has 0 amide bonds. The highest BCUT2D eigenvalue weighted by Crippen LogP contribution is 2.19. The number of benzene rings is 3. The third-order valence-corrected chi connectivity index (χ3v) is 4.88. The van der Waals surface area contributed by atoms with Crippen molar-refractivity contribution in [2.24, 2.45) is 0 Å². The Bertz CT molecular complexity index is 1350. The van der Waals surface area contributed by atoms with Crippen LogP contribution >= 0.6 is 0 Å². The van der Waals surface area contributed by atoms with Crippen LogP contribution in [0.2, 0.25) is 0 Å². The first-order valence-electron chi connectivity index (χ1n) is 11.5. The molecule has 0 unspecified atom stereocenters. The van der Waals surface area contributed by atoms with Gasteiger partial charge in [-0.05, 0) is 65.7 Å². The Morgan fingerprint density at radius 1 is 0.641 bits per heavy atom. The first-order valence-corrected chi connectivity index (χ1v) is 11.5. The summed E-state index contributed by atoms with van der Waals surface area (Å²) in [6, 6.07) is 19.2. The Balaban J connectivity index is 1.46. The highest BCUT2D eigenvalue weighted by atomic mass is 16.7. The van der Waals surface area contributed by atoms with E-state index in [2.05, 4.69) is 13.2 Å². The SMILES string of the molecule is C=CC(=O)OCOc1ccc(OC(=O)/C=C/c2ccc(C(=O)Oc3ccc(COC(=O)C=C)cc3)cc2)cc1. The number of hydrogen-bond acceptors (Lipinski definition) is 9. The van der Waals surface area contributed by atoms with Crippen LogP contribution in [-0.2, 0) is 30.5 Å². The highest BCUT2D eigenvalue weighted by molar-refractivity contribution is 5.92. The molecule has 0 N–H and O–H groups in total. The Morgan fingerprint density at radius 2 is 1.21 bits per heavy atom. The van der Waals surface area contributed by atoms with E-state index in [9.17, 15) is 19.2 Å². The smallest absolute Gasteiger partial charge is 0.343 e. The van der Waals surface area contributed by atoms with Crippen LogP contribution in [0.15, 0.2) is 104 Å². The van der Waals surface area contributed by atoms with Crippen molar-refractivity contribution in [2.75, 3.05) is 6.79 Å². The first-order chi connectivity index (χ1) is 18.9. The third-order valence-electron chi connectivity index (χ3n) is 4.88. The molecule has 0 atom stereocenters. The van der Waals surface area contributed by atoms with Crippen LogP contribution in [-0.4, -0.2) is 30.7 Å². The Morgan fingerprint density at radius 3 is 1.85 bits per heavy atom. The molecule has 3 aromatic carbocycles. The van der Waals surface area contributed by atoms with Gasteiger partial charge in [-0.15, -0.1) is 0 Å². The van der Waals surface area contributed by atoms with Gasteiger partial charge in [0.15, 0.2) is 0 Å². The quantitative estimate of drug-likeness (QED) is 0.141. The Hall–Kier alpha value is -5.44. The van der Waals surface area contributed by atoms with E-state index in [1.165, 1.54) is 18.2 Å². The molecule has 3 rings (SSSR count). The lowest BCUT2D eigenvalue weighted by atomic mass is 10.1. The monoisotopic (exact) mass is 528 g/mol. The molecule has 9 nitrogen and oxygen atoms in total. The van der Waals surface area contributed by atoms with Crippen molar-refractivity contribution in [1.29, 1.82) is 0 Å². The fraction of sp³-hybridized carbons (Fsp3) is 0.0667. The molecule has 0 aliphatic carbocycles. The van der Waals surface area contributed by atoms with Crippen LogP contribution in [0.25, 0.3) is 6.08 Å². The lowest BCUT2D eigenvalue weighted by Gasteiger charge is -2.07. The Kier molecular flexibility index (Phi) is 10.3. The zero-order chi connectivity index (χ0) is 28.0. The summed E-state index contributed by atoms with van der Waals surface area (Å²) in [4.78, 5) is 46.7. The minimum atomic E-state index is -0.602. The lowest BCUT2D eigenvalue weighted by Crippen LogP contribution is -2.08. The van der Waals surface area contributed by atoms with Crippen molar-refractivity contribution in [1.82, 2.24) is 0 Å². The van der Waals surface area contributed by atoms with Gasteiger partial charge in [-0.2, -0.15) is 0 Å². The molecule has 3 aromatic rings. The maximum absolute atomic E-state index is 12.4. The predicted molar refractivity (Wildman–Crippen MR) is 141 cm³/mol. The van der Waals surface area contributed by atoms with E-state index in [0.29, 0.717) is 28.4 Å². The molecule has 0 fully saturated rings. The molecule has 0 aliphatic rings. The molecular weight excluding hydrogens is 504 g/mol. The minimum Gasteiger partial charge on any atom is -0.458 e. The highest BCUT2D eigenvalue weighted by Gasteiger charge is 2.09. The van der Waals surface area contributed by atoms with Gasteiger partial charge in [0.2, 0.25) is 6.79 Å². The number of rotatable bonds is 12. The average Bonchev–Trinajstić information content (AvgIpc) is 2.96. The van der Waals surface area contributed by atoms with Gasteiger partial charge >= 0.3 is 23.9 Å². The normalized spacial score (nSPS) is 10.3. The number of esters is 4. The molecule has 0 saturated heterocycles. The summed E-state index contributed by atoms with van der Waals surface area (Å²) in [7, 11) is 0. The summed E-state index contributed by atoms with van der Waals surface area (Å²) < 4.78 is 25.5. The summed E-state index contributed by atoms with van der Waals surface area (Å²) in [5.74, 6) is -1.23.